The van der Waals surface area contributed by atoms with E-state index in [4.69, 9.17) is 0 Å². The van der Waals surface area contributed by atoms with E-state index in [9.17, 15) is 9.00 Å². The van der Waals surface area contributed by atoms with E-state index >= 15 is 0 Å². The predicted octanol–water partition coefficient (Wildman–Crippen LogP) is 1.18. The average molecular weight is 286 g/mol. The fourth-order valence-corrected chi connectivity index (χ4v) is 3.88. The van der Waals surface area contributed by atoms with Crippen LogP contribution in [0.25, 0.3) is 0 Å². The minimum Gasteiger partial charge on any atom is -0.354 e. The number of rotatable bonds is 5. The van der Waals surface area contributed by atoms with Crippen LogP contribution in [0.4, 0.5) is 0 Å². The zero-order valence-corrected chi connectivity index (χ0v) is 12.6. The highest BCUT2D eigenvalue weighted by Crippen LogP contribution is 2.32. The highest BCUT2D eigenvalue weighted by atomic mass is 32.2. The third-order valence-corrected chi connectivity index (χ3v) is 5.72. The van der Waals surface area contributed by atoms with Gasteiger partial charge in [-0.25, -0.2) is 0 Å². The van der Waals surface area contributed by atoms with Crippen molar-refractivity contribution in [1.29, 1.82) is 0 Å². The summed E-state index contributed by atoms with van der Waals surface area (Å²) in [5, 5.41) is 6.44. The van der Waals surface area contributed by atoms with Gasteiger partial charge in [0, 0.05) is 34.9 Å². The van der Waals surface area contributed by atoms with E-state index < -0.39 is 10.8 Å². The first-order valence-corrected chi connectivity index (χ1v) is 9.08. The van der Waals surface area contributed by atoms with Gasteiger partial charge in [0.05, 0.1) is 6.04 Å². The number of carbonyl (C=O) groups is 1. The number of nitrogens with one attached hydrogen (secondary N) is 2. The lowest BCUT2D eigenvalue weighted by Gasteiger charge is -2.39. The van der Waals surface area contributed by atoms with Crippen LogP contribution in [0, 0.1) is 5.92 Å². The van der Waals surface area contributed by atoms with Gasteiger partial charge >= 0.3 is 0 Å². The number of piperidine rings is 1. The molecule has 0 spiro atoms. The van der Waals surface area contributed by atoms with Gasteiger partial charge in [0.15, 0.2) is 0 Å². The molecular formula is C14H26N2O2S. The van der Waals surface area contributed by atoms with Gasteiger partial charge in [0.2, 0.25) is 5.91 Å². The summed E-state index contributed by atoms with van der Waals surface area (Å²) in [5.41, 5.74) is 0. The van der Waals surface area contributed by atoms with Crippen molar-refractivity contribution in [3.63, 3.8) is 0 Å². The molecule has 2 N–H and O–H groups in total. The topological polar surface area (TPSA) is 58.2 Å². The Kier molecular flexibility index (Phi) is 5.82. The summed E-state index contributed by atoms with van der Waals surface area (Å²) in [6.45, 7) is 2.44. The summed E-state index contributed by atoms with van der Waals surface area (Å²) >= 11 is 0. The average Bonchev–Trinajstić information content (AvgIpc) is 2.46. The van der Waals surface area contributed by atoms with Crippen LogP contribution in [0.1, 0.15) is 45.4 Å². The molecule has 1 heterocycles. The molecule has 2 aliphatic rings. The lowest BCUT2D eigenvalue weighted by Crippen LogP contribution is -2.55. The second-order valence-electron chi connectivity index (χ2n) is 5.67. The van der Waals surface area contributed by atoms with Crippen molar-refractivity contribution in [2.24, 2.45) is 5.92 Å². The molecule has 0 radical (unpaired) electrons. The maximum Gasteiger partial charge on any atom is 0.237 e. The molecule has 0 aromatic rings. The normalized spacial score (nSPS) is 32.4. The van der Waals surface area contributed by atoms with Gasteiger partial charge in [-0.05, 0) is 31.6 Å². The summed E-state index contributed by atoms with van der Waals surface area (Å²) in [5.74, 6) is 2.12. The Labute approximate surface area is 118 Å². The van der Waals surface area contributed by atoms with Gasteiger partial charge in [0.1, 0.15) is 0 Å². The van der Waals surface area contributed by atoms with Crippen molar-refractivity contribution in [2.75, 3.05) is 18.1 Å². The first-order valence-electron chi connectivity index (χ1n) is 7.59. The number of hydrogen-bond acceptors (Lipinski definition) is 3. The Bertz CT molecular complexity index is 335. The van der Waals surface area contributed by atoms with Crippen LogP contribution in [0.5, 0.6) is 0 Å². The van der Waals surface area contributed by atoms with Gasteiger partial charge in [-0.3, -0.25) is 9.00 Å². The lowest BCUT2D eigenvalue weighted by molar-refractivity contribution is -0.124. The molecule has 110 valence electrons. The minimum absolute atomic E-state index is 0.0330. The van der Waals surface area contributed by atoms with Gasteiger partial charge in [-0.15, -0.1) is 0 Å². The molecule has 2 rings (SSSR count). The minimum atomic E-state index is -0.790. The van der Waals surface area contributed by atoms with E-state index in [-0.39, 0.29) is 11.9 Å². The molecule has 2 fully saturated rings. The van der Waals surface area contributed by atoms with Crippen LogP contribution >= 0.6 is 0 Å². The van der Waals surface area contributed by atoms with Crippen molar-refractivity contribution in [3.8, 4) is 0 Å². The molecule has 19 heavy (non-hydrogen) atoms. The zero-order chi connectivity index (χ0) is 13.7. The molecule has 1 saturated carbocycles. The number of amides is 1. The summed E-state index contributed by atoms with van der Waals surface area (Å²) in [6, 6.07) is 0.512. The van der Waals surface area contributed by atoms with Crippen molar-refractivity contribution in [2.45, 2.75) is 57.5 Å². The third kappa shape index (κ3) is 4.28. The maximum atomic E-state index is 12.1. The number of hydrogen-bond donors (Lipinski definition) is 2. The zero-order valence-electron chi connectivity index (χ0n) is 11.8. The smallest absolute Gasteiger partial charge is 0.237 e. The van der Waals surface area contributed by atoms with E-state index in [2.05, 4.69) is 10.6 Å². The van der Waals surface area contributed by atoms with Gasteiger partial charge in [-0.1, -0.05) is 19.8 Å². The predicted molar refractivity (Wildman–Crippen MR) is 78.5 cm³/mol. The van der Waals surface area contributed by atoms with Crippen LogP contribution in [-0.2, 0) is 15.6 Å². The molecule has 0 bridgehead atoms. The van der Waals surface area contributed by atoms with Crippen molar-refractivity contribution >= 4 is 16.7 Å². The maximum absolute atomic E-state index is 12.1. The van der Waals surface area contributed by atoms with Crippen molar-refractivity contribution < 1.29 is 9.00 Å². The Hall–Kier alpha value is -0.420. The molecule has 0 aromatic carbocycles. The van der Waals surface area contributed by atoms with Crippen LogP contribution in [0.3, 0.4) is 0 Å². The van der Waals surface area contributed by atoms with Gasteiger partial charge in [0.25, 0.3) is 0 Å². The molecule has 4 nitrogen and oxygen atoms in total. The molecule has 0 aromatic heterocycles. The number of carbonyl (C=O) groups excluding carboxylic acids is 1. The third-order valence-electron chi connectivity index (χ3n) is 4.42. The van der Waals surface area contributed by atoms with Crippen LogP contribution in [0.15, 0.2) is 0 Å². The van der Waals surface area contributed by atoms with E-state index in [1.54, 1.807) is 0 Å². The van der Waals surface area contributed by atoms with E-state index in [1.165, 1.54) is 32.1 Å². The fourth-order valence-electron chi connectivity index (χ4n) is 3.26. The van der Waals surface area contributed by atoms with E-state index in [0.717, 1.165) is 12.3 Å². The van der Waals surface area contributed by atoms with Crippen LogP contribution in [0.2, 0.25) is 0 Å². The quantitative estimate of drug-likeness (QED) is 0.798. The Morgan fingerprint density at radius 1 is 1.26 bits per heavy atom. The van der Waals surface area contributed by atoms with Crippen molar-refractivity contribution in [3.05, 3.63) is 0 Å². The summed E-state index contributed by atoms with van der Waals surface area (Å²) in [7, 11) is -0.790. The summed E-state index contributed by atoms with van der Waals surface area (Å²) in [6.07, 6.45) is 7.30. The Morgan fingerprint density at radius 3 is 2.84 bits per heavy atom. The SMILES string of the molecule is CCS(=O)CCNC(=O)C1CCC2CCCCC2N1. The highest BCUT2D eigenvalue weighted by Gasteiger charge is 2.34. The number of fused-ring (bicyclic) bond motifs is 1. The summed E-state index contributed by atoms with van der Waals surface area (Å²) in [4.78, 5) is 12.1. The highest BCUT2D eigenvalue weighted by molar-refractivity contribution is 7.84. The van der Waals surface area contributed by atoms with Crippen molar-refractivity contribution in [1.82, 2.24) is 10.6 Å². The molecular weight excluding hydrogens is 260 g/mol. The molecule has 1 saturated heterocycles. The second-order valence-corrected chi connectivity index (χ2v) is 7.54. The van der Waals surface area contributed by atoms with Gasteiger partial charge in [-0.2, -0.15) is 0 Å². The molecule has 4 atom stereocenters. The van der Waals surface area contributed by atoms with Crippen LogP contribution < -0.4 is 10.6 Å². The summed E-state index contributed by atoms with van der Waals surface area (Å²) < 4.78 is 11.3. The molecule has 1 amide bonds. The Balaban J connectivity index is 1.72. The first kappa shape index (κ1) is 15.0. The van der Waals surface area contributed by atoms with Gasteiger partial charge < -0.3 is 10.6 Å². The molecule has 1 aliphatic heterocycles. The van der Waals surface area contributed by atoms with Crippen LogP contribution in [-0.4, -0.2) is 40.3 Å². The Morgan fingerprint density at radius 2 is 2.05 bits per heavy atom. The molecule has 4 unspecified atom stereocenters. The second kappa shape index (κ2) is 7.39. The largest absolute Gasteiger partial charge is 0.354 e. The van der Waals surface area contributed by atoms with E-state index in [0.29, 0.717) is 24.1 Å². The molecule has 5 heteroatoms. The fraction of sp³-hybridized carbons (Fsp3) is 0.929. The first-order chi connectivity index (χ1) is 9.20. The van der Waals surface area contributed by atoms with E-state index in [1.807, 2.05) is 6.92 Å². The molecule has 1 aliphatic carbocycles. The monoisotopic (exact) mass is 286 g/mol. The standard InChI is InChI=1S/C14H26N2O2S/c1-2-19(18)10-9-15-14(17)13-8-7-11-5-3-4-6-12(11)16-13/h11-13,16H,2-10H2,1H3,(H,15,17). The lowest BCUT2D eigenvalue weighted by atomic mass is 9.77.